The fraction of sp³-hybridized carbons (Fsp3) is 0.286. The van der Waals surface area contributed by atoms with Crippen molar-refractivity contribution in [3.05, 3.63) is 73.6 Å². The molecule has 0 saturated heterocycles. The number of hydrogen-bond acceptors (Lipinski definition) is 3. The zero-order valence-electron chi connectivity index (χ0n) is 15.1. The van der Waals surface area contributed by atoms with Gasteiger partial charge in [-0.2, -0.15) is 0 Å². The van der Waals surface area contributed by atoms with E-state index in [2.05, 4.69) is 12.1 Å². The fourth-order valence-corrected chi connectivity index (χ4v) is 3.87. The molecule has 1 unspecified atom stereocenters. The molecule has 0 bridgehead atoms. The zero-order chi connectivity index (χ0) is 18.4. The maximum atomic E-state index is 12.0. The molecule has 26 heavy (non-hydrogen) atoms. The zero-order valence-corrected chi connectivity index (χ0v) is 15.9. The molecule has 3 aromatic rings. The van der Waals surface area contributed by atoms with Gasteiger partial charge in [0.05, 0.1) is 0 Å². The fourth-order valence-electron chi connectivity index (χ4n) is 3.66. The van der Waals surface area contributed by atoms with Crippen molar-refractivity contribution in [2.75, 3.05) is 6.73 Å². The summed E-state index contributed by atoms with van der Waals surface area (Å²) in [6.07, 6.45) is 0. The molecule has 0 radical (unpaired) electrons. The average Bonchev–Trinajstić information content (AvgIpc) is 2.61. The summed E-state index contributed by atoms with van der Waals surface area (Å²) in [6, 6.07) is 10.1. The molecular weight excluding hydrogens is 350 g/mol. The van der Waals surface area contributed by atoms with Gasteiger partial charge in [-0.05, 0) is 44.5 Å². The molecule has 4 nitrogen and oxygen atoms in total. The second-order valence-electron chi connectivity index (χ2n) is 7.03. The monoisotopic (exact) mass is 370 g/mol. The van der Waals surface area contributed by atoms with Gasteiger partial charge in [0.15, 0.2) is 0 Å². The minimum Gasteiger partial charge on any atom is -0.444 e. The van der Waals surface area contributed by atoms with Crippen LogP contribution in [0, 0.1) is 20.8 Å². The molecule has 4 rings (SSSR count). The van der Waals surface area contributed by atoms with Gasteiger partial charge in [0.1, 0.15) is 24.4 Å². The Labute approximate surface area is 156 Å². The lowest BCUT2D eigenvalue weighted by Crippen LogP contribution is -3.10. The van der Waals surface area contributed by atoms with Crippen LogP contribution < -0.4 is 15.3 Å². The smallest absolute Gasteiger partial charge is 0.339 e. The molecule has 134 valence electrons. The van der Waals surface area contributed by atoms with Crippen molar-refractivity contribution < 1.29 is 14.1 Å². The molecule has 1 N–H and O–H groups in total. The van der Waals surface area contributed by atoms with Crippen LogP contribution in [0.15, 0.2) is 39.5 Å². The maximum Gasteiger partial charge on any atom is 0.339 e. The topological polar surface area (TPSA) is 43.9 Å². The van der Waals surface area contributed by atoms with Gasteiger partial charge in [0.25, 0.3) is 0 Å². The van der Waals surface area contributed by atoms with Crippen molar-refractivity contribution in [2.24, 2.45) is 0 Å². The number of halogens is 1. The summed E-state index contributed by atoms with van der Waals surface area (Å²) in [6.45, 7) is 8.01. The van der Waals surface area contributed by atoms with Crippen LogP contribution in [0.4, 0.5) is 0 Å². The summed E-state index contributed by atoms with van der Waals surface area (Å²) in [5, 5.41) is 1.74. The molecule has 0 aliphatic carbocycles. The van der Waals surface area contributed by atoms with E-state index in [4.69, 9.17) is 20.8 Å². The molecule has 0 saturated carbocycles. The highest BCUT2D eigenvalue weighted by Gasteiger charge is 2.25. The number of benzene rings is 2. The van der Waals surface area contributed by atoms with Gasteiger partial charge < -0.3 is 9.15 Å². The Hall–Kier alpha value is -2.30. The lowest BCUT2D eigenvalue weighted by atomic mass is 9.99. The van der Waals surface area contributed by atoms with Crippen LogP contribution in [0.25, 0.3) is 11.0 Å². The summed E-state index contributed by atoms with van der Waals surface area (Å²) in [7, 11) is 0. The third kappa shape index (κ3) is 2.89. The van der Waals surface area contributed by atoms with Crippen LogP contribution >= 0.6 is 11.6 Å². The first-order valence-corrected chi connectivity index (χ1v) is 9.09. The van der Waals surface area contributed by atoms with Crippen molar-refractivity contribution in [3.8, 4) is 5.75 Å². The first kappa shape index (κ1) is 17.1. The Morgan fingerprint density at radius 1 is 1.12 bits per heavy atom. The van der Waals surface area contributed by atoms with E-state index in [0.717, 1.165) is 45.9 Å². The van der Waals surface area contributed by atoms with Crippen LogP contribution in [0.2, 0.25) is 5.02 Å². The highest BCUT2D eigenvalue weighted by Crippen LogP contribution is 2.33. The molecule has 2 heterocycles. The van der Waals surface area contributed by atoms with E-state index in [9.17, 15) is 4.79 Å². The van der Waals surface area contributed by atoms with Gasteiger partial charge in [-0.15, -0.1) is 0 Å². The van der Waals surface area contributed by atoms with Crippen LogP contribution in [0.1, 0.15) is 27.8 Å². The minimum atomic E-state index is -0.276. The molecular formula is C21H21ClNO3+. The van der Waals surface area contributed by atoms with Gasteiger partial charge in [0.2, 0.25) is 6.73 Å². The Kier molecular flexibility index (Phi) is 4.25. The Bertz CT molecular complexity index is 1070. The van der Waals surface area contributed by atoms with E-state index in [-0.39, 0.29) is 5.63 Å². The number of aryl methyl sites for hydroxylation is 2. The van der Waals surface area contributed by atoms with Crippen molar-refractivity contribution >= 4 is 22.6 Å². The summed E-state index contributed by atoms with van der Waals surface area (Å²) >= 11 is 6.10. The summed E-state index contributed by atoms with van der Waals surface area (Å²) in [5.41, 5.74) is 5.24. The van der Waals surface area contributed by atoms with Crippen LogP contribution in [0.5, 0.6) is 5.75 Å². The molecule has 1 aromatic heterocycles. The third-order valence-corrected chi connectivity index (χ3v) is 5.44. The first-order valence-electron chi connectivity index (χ1n) is 8.71. The normalized spacial score (nSPS) is 16.4. The average molecular weight is 371 g/mol. The molecule has 1 aliphatic heterocycles. The number of rotatable bonds is 2. The molecule has 1 atom stereocenters. The molecule has 0 fully saturated rings. The number of quaternary nitrogens is 1. The van der Waals surface area contributed by atoms with Gasteiger partial charge >= 0.3 is 5.63 Å². The number of nitrogens with one attached hydrogen (secondary N) is 1. The quantitative estimate of drug-likeness (QED) is 0.704. The van der Waals surface area contributed by atoms with E-state index >= 15 is 0 Å². The van der Waals surface area contributed by atoms with E-state index in [0.29, 0.717) is 17.9 Å². The number of hydrogen-bond donors (Lipinski definition) is 1. The highest BCUT2D eigenvalue weighted by atomic mass is 35.5. The van der Waals surface area contributed by atoms with Crippen LogP contribution in [-0.4, -0.2) is 6.73 Å². The second-order valence-corrected chi connectivity index (χ2v) is 7.46. The minimum absolute atomic E-state index is 0.276. The largest absolute Gasteiger partial charge is 0.444 e. The van der Waals surface area contributed by atoms with Crippen molar-refractivity contribution in [3.63, 3.8) is 0 Å². The number of ether oxygens (including phenoxy) is 1. The lowest BCUT2D eigenvalue weighted by molar-refractivity contribution is -0.945. The third-order valence-electron chi connectivity index (χ3n) is 5.21. The maximum absolute atomic E-state index is 12.0. The Morgan fingerprint density at radius 2 is 1.92 bits per heavy atom. The van der Waals surface area contributed by atoms with Gasteiger partial charge in [0, 0.05) is 32.7 Å². The molecule has 0 spiro atoms. The van der Waals surface area contributed by atoms with Crippen molar-refractivity contribution in [2.45, 2.75) is 33.9 Å². The lowest BCUT2D eigenvalue weighted by Gasteiger charge is -2.28. The predicted molar refractivity (Wildman–Crippen MR) is 102 cm³/mol. The first-order chi connectivity index (χ1) is 12.4. The molecule has 1 aliphatic rings. The van der Waals surface area contributed by atoms with Crippen LogP contribution in [0.3, 0.4) is 0 Å². The summed E-state index contributed by atoms with van der Waals surface area (Å²) < 4.78 is 11.6. The van der Waals surface area contributed by atoms with Gasteiger partial charge in [-0.25, -0.2) is 4.79 Å². The van der Waals surface area contributed by atoms with Crippen LogP contribution in [-0.2, 0) is 13.1 Å². The Balaban J connectivity index is 1.73. The predicted octanol–water partition coefficient (Wildman–Crippen LogP) is 3.31. The molecule has 0 amide bonds. The molecule has 5 heteroatoms. The van der Waals surface area contributed by atoms with E-state index in [1.807, 2.05) is 39.0 Å². The van der Waals surface area contributed by atoms with Gasteiger partial charge in [-0.3, -0.25) is 4.90 Å². The summed E-state index contributed by atoms with van der Waals surface area (Å²) in [5.74, 6) is 0.846. The highest BCUT2D eigenvalue weighted by molar-refractivity contribution is 6.30. The molecule has 2 aromatic carbocycles. The standard InChI is InChI=1S/C21H20ClNO3/c1-12-13(2)21(24)26-20-14(3)19-16(8-18(12)20)10-23(11-25-19)9-15-5-4-6-17(22)7-15/h4-8H,9-11H2,1-3H3/p+1. The second kappa shape index (κ2) is 6.45. The SMILES string of the molecule is Cc1c(C)c2cc3c(c(C)c2oc1=O)OC[NH+](Cc1cccc(Cl)c1)C3. The summed E-state index contributed by atoms with van der Waals surface area (Å²) in [4.78, 5) is 13.3. The Morgan fingerprint density at radius 3 is 2.69 bits per heavy atom. The van der Waals surface area contributed by atoms with Gasteiger partial charge in [-0.1, -0.05) is 23.7 Å². The van der Waals surface area contributed by atoms with Crippen molar-refractivity contribution in [1.82, 2.24) is 0 Å². The van der Waals surface area contributed by atoms with E-state index < -0.39 is 0 Å². The number of fused-ring (bicyclic) bond motifs is 2. The van der Waals surface area contributed by atoms with Crippen molar-refractivity contribution in [1.29, 1.82) is 0 Å². The van der Waals surface area contributed by atoms with E-state index in [1.165, 1.54) is 10.5 Å². The van der Waals surface area contributed by atoms with E-state index in [1.54, 1.807) is 0 Å².